The second kappa shape index (κ2) is 7.61. The van der Waals surface area contributed by atoms with Gasteiger partial charge in [0.05, 0.1) is 5.56 Å². The first kappa shape index (κ1) is 16.9. The number of aryl methyl sites for hydroxylation is 1. The molecule has 3 N–H and O–H groups in total. The average Bonchev–Trinajstić information content (AvgIpc) is 2.38. The molecule has 0 radical (unpaired) electrons. The third kappa shape index (κ3) is 4.77. The maximum Gasteiger partial charge on any atom is 0.416 e. The fourth-order valence-corrected chi connectivity index (χ4v) is 2.02. The number of benzene rings is 1. The highest BCUT2D eigenvalue weighted by atomic mass is 19.4. The Kier molecular flexibility index (Phi) is 6.45. The summed E-state index contributed by atoms with van der Waals surface area (Å²) in [4.78, 5) is 0. The van der Waals surface area contributed by atoms with Gasteiger partial charge in [-0.05, 0) is 43.0 Å². The van der Waals surface area contributed by atoms with Gasteiger partial charge in [0.1, 0.15) is 0 Å². The molecule has 0 aliphatic carbocycles. The van der Waals surface area contributed by atoms with E-state index in [0.29, 0.717) is 25.2 Å². The quantitative estimate of drug-likeness (QED) is 0.460. The molecule has 0 fully saturated rings. The zero-order valence-electron chi connectivity index (χ0n) is 11.8. The Morgan fingerprint density at radius 2 is 2.00 bits per heavy atom. The minimum absolute atomic E-state index is 0.214. The molecule has 6 heteroatoms. The molecule has 1 rings (SSSR count). The Morgan fingerprint density at radius 1 is 1.30 bits per heavy atom. The zero-order chi connectivity index (χ0) is 15.2. The van der Waals surface area contributed by atoms with Crippen molar-refractivity contribution in [3.8, 4) is 0 Å². The third-order valence-electron chi connectivity index (χ3n) is 3.07. The van der Waals surface area contributed by atoms with Gasteiger partial charge in [0, 0.05) is 19.3 Å². The molecule has 114 valence electrons. The molecule has 0 aromatic heterocycles. The molecule has 0 heterocycles. The van der Waals surface area contributed by atoms with Gasteiger partial charge in [-0.1, -0.05) is 13.0 Å². The summed E-state index contributed by atoms with van der Waals surface area (Å²) in [6.07, 6.45) is -2.78. The molecule has 1 aromatic rings. The summed E-state index contributed by atoms with van der Waals surface area (Å²) >= 11 is 0. The molecule has 0 spiro atoms. The number of hydrogen-bond donors (Lipinski definition) is 2. The van der Waals surface area contributed by atoms with E-state index >= 15 is 0 Å². The molecule has 1 aromatic carbocycles. The third-order valence-corrected chi connectivity index (χ3v) is 3.07. The highest BCUT2D eigenvalue weighted by molar-refractivity contribution is 5.34. The predicted molar refractivity (Wildman–Crippen MR) is 72.0 cm³/mol. The van der Waals surface area contributed by atoms with Crippen LogP contribution in [-0.4, -0.2) is 13.2 Å². The summed E-state index contributed by atoms with van der Waals surface area (Å²) < 4.78 is 43.2. The highest BCUT2D eigenvalue weighted by Crippen LogP contribution is 2.32. The number of alkyl halides is 3. The van der Waals surface area contributed by atoms with Crippen LogP contribution in [0.1, 0.15) is 42.5 Å². The lowest BCUT2D eigenvalue weighted by Crippen LogP contribution is -2.29. The number of nitrogens with two attached hydrogens (primary N) is 1. The molecule has 1 atom stereocenters. The highest BCUT2D eigenvalue weighted by Gasteiger charge is 2.31. The van der Waals surface area contributed by atoms with E-state index in [2.05, 4.69) is 5.43 Å². The summed E-state index contributed by atoms with van der Waals surface area (Å²) in [5.41, 5.74) is 3.32. The van der Waals surface area contributed by atoms with Crippen molar-refractivity contribution in [1.29, 1.82) is 0 Å². The molecule has 0 saturated heterocycles. The first-order valence-electron chi connectivity index (χ1n) is 6.61. The molecule has 0 aliphatic heterocycles. The monoisotopic (exact) mass is 290 g/mol. The smallest absolute Gasteiger partial charge is 0.381 e. The van der Waals surface area contributed by atoms with Gasteiger partial charge in [-0.25, -0.2) is 0 Å². The Balaban J connectivity index is 2.78. The van der Waals surface area contributed by atoms with Crippen molar-refractivity contribution in [2.45, 2.75) is 38.9 Å². The lowest BCUT2D eigenvalue weighted by atomic mass is 9.97. The van der Waals surface area contributed by atoms with Crippen molar-refractivity contribution in [2.24, 2.45) is 5.84 Å². The van der Waals surface area contributed by atoms with E-state index in [4.69, 9.17) is 10.6 Å². The van der Waals surface area contributed by atoms with Crippen molar-refractivity contribution < 1.29 is 17.9 Å². The van der Waals surface area contributed by atoms with E-state index in [-0.39, 0.29) is 6.04 Å². The van der Waals surface area contributed by atoms with Crippen LogP contribution in [0, 0.1) is 6.92 Å². The molecular weight excluding hydrogens is 269 g/mol. The number of ether oxygens (including phenoxy) is 1. The van der Waals surface area contributed by atoms with Crippen molar-refractivity contribution in [3.05, 3.63) is 34.9 Å². The van der Waals surface area contributed by atoms with Crippen LogP contribution in [0.4, 0.5) is 13.2 Å². The minimum atomic E-state index is -4.32. The summed E-state index contributed by atoms with van der Waals surface area (Å²) in [5, 5.41) is 0. The van der Waals surface area contributed by atoms with Gasteiger partial charge >= 0.3 is 6.18 Å². The second-order valence-corrected chi connectivity index (χ2v) is 4.69. The molecule has 0 amide bonds. The van der Waals surface area contributed by atoms with Gasteiger partial charge in [-0.3, -0.25) is 11.3 Å². The SMILES string of the molecule is CCCOCCC(NN)c1ccc(C(F)(F)F)cc1C. The van der Waals surface area contributed by atoms with Crippen molar-refractivity contribution in [3.63, 3.8) is 0 Å². The summed E-state index contributed by atoms with van der Waals surface area (Å²) in [5.74, 6) is 5.48. The molecular formula is C14H21F3N2O. The van der Waals surface area contributed by atoms with E-state index in [9.17, 15) is 13.2 Å². The Hall–Kier alpha value is -1.11. The lowest BCUT2D eigenvalue weighted by Gasteiger charge is -2.19. The minimum Gasteiger partial charge on any atom is -0.381 e. The summed E-state index contributed by atoms with van der Waals surface area (Å²) in [6, 6.07) is 3.49. The Morgan fingerprint density at radius 3 is 2.50 bits per heavy atom. The Labute approximate surface area is 117 Å². The summed E-state index contributed by atoms with van der Waals surface area (Å²) in [6.45, 7) is 4.85. The zero-order valence-corrected chi connectivity index (χ0v) is 11.8. The molecule has 3 nitrogen and oxygen atoms in total. The van der Waals surface area contributed by atoms with Crippen LogP contribution in [0.25, 0.3) is 0 Å². The maximum atomic E-state index is 12.6. The predicted octanol–water partition coefficient (Wildman–Crippen LogP) is 3.33. The van der Waals surface area contributed by atoms with E-state index in [1.165, 1.54) is 6.07 Å². The Bertz CT molecular complexity index is 421. The number of rotatable bonds is 7. The molecule has 0 bridgehead atoms. The van der Waals surface area contributed by atoms with Gasteiger partial charge in [0.2, 0.25) is 0 Å². The van der Waals surface area contributed by atoms with Crippen LogP contribution < -0.4 is 11.3 Å². The number of nitrogens with one attached hydrogen (secondary N) is 1. The van der Waals surface area contributed by atoms with Crippen molar-refractivity contribution in [2.75, 3.05) is 13.2 Å². The van der Waals surface area contributed by atoms with E-state index in [1.54, 1.807) is 6.92 Å². The number of hydrogen-bond acceptors (Lipinski definition) is 3. The van der Waals surface area contributed by atoms with Gasteiger partial charge in [0.25, 0.3) is 0 Å². The van der Waals surface area contributed by atoms with Gasteiger partial charge in [-0.2, -0.15) is 13.2 Å². The van der Waals surface area contributed by atoms with Crippen LogP contribution in [0.2, 0.25) is 0 Å². The summed E-state index contributed by atoms with van der Waals surface area (Å²) in [7, 11) is 0. The fraction of sp³-hybridized carbons (Fsp3) is 0.571. The first-order valence-corrected chi connectivity index (χ1v) is 6.61. The van der Waals surface area contributed by atoms with E-state index < -0.39 is 11.7 Å². The van der Waals surface area contributed by atoms with Gasteiger partial charge in [-0.15, -0.1) is 0 Å². The lowest BCUT2D eigenvalue weighted by molar-refractivity contribution is -0.137. The van der Waals surface area contributed by atoms with Gasteiger partial charge < -0.3 is 4.74 Å². The molecule has 20 heavy (non-hydrogen) atoms. The van der Waals surface area contributed by atoms with Crippen LogP contribution in [0.3, 0.4) is 0 Å². The normalized spacial score (nSPS) is 13.5. The largest absolute Gasteiger partial charge is 0.416 e. The maximum absolute atomic E-state index is 12.6. The van der Waals surface area contributed by atoms with Crippen LogP contribution >= 0.6 is 0 Å². The average molecular weight is 290 g/mol. The van der Waals surface area contributed by atoms with E-state index in [0.717, 1.165) is 24.1 Å². The van der Waals surface area contributed by atoms with Crippen LogP contribution in [0.5, 0.6) is 0 Å². The van der Waals surface area contributed by atoms with Crippen molar-refractivity contribution >= 4 is 0 Å². The second-order valence-electron chi connectivity index (χ2n) is 4.69. The van der Waals surface area contributed by atoms with Crippen molar-refractivity contribution in [1.82, 2.24) is 5.43 Å². The van der Waals surface area contributed by atoms with E-state index in [1.807, 2.05) is 6.92 Å². The topological polar surface area (TPSA) is 47.3 Å². The van der Waals surface area contributed by atoms with Crippen LogP contribution in [0.15, 0.2) is 18.2 Å². The van der Waals surface area contributed by atoms with Gasteiger partial charge in [0.15, 0.2) is 0 Å². The van der Waals surface area contributed by atoms with Crippen LogP contribution in [-0.2, 0) is 10.9 Å². The molecule has 0 saturated carbocycles. The first-order chi connectivity index (χ1) is 9.40. The molecule has 0 aliphatic rings. The number of hydrazine groups is 1. The number of halogens is 3. The fourth-order valence-electron chi connectivity index (χ4n) is 2.02. The standard InChI is InChI=1S/C14H21F3N2O/c1-3-7-20-8-6-13(19-18)12-5-4-11(9-10(12)2)14(15,16)17/h4-5,9,13,19H,3,6-8,18H2,1-2H3. The molecule has 1 unspecified atom stereocenters.